The second-order valence-electron chi connectivity index (χ2n) is 8.12. The summed E-state index contributed by atoms with van der Waals surface area (Å²) < 4.78 is 2.42. The number of ketones is 1. The molecule has 0 saturated heterocycles. The summed E-state index contributed by atoms with van der Waals surface area (Å²) in [6.45, 7) is 6.43. The smallest absolute Gasteiger partial charge is 0.165 e. The Balaban J connectivity index is 2.02. The van der Waals surface area contributed by atoms with Gasteiger partial charge in [-0.1, -0.05) is 31.6 Å². The van der Waals surface area contributed by atoms with E-state index in [0.29, 0.717) is 12.5 Å². The zero-order chi connectivity index (χ0) is 19.0. The van der Waals surface area contributed by atoms with Crippen LogP contribution in [-0.4, -0.2) is 15.3 Å². The standard InChI is InChI=1S/C24H30N2O/c1-4-7-21(27)22-20-14-17(5-2)15-25-24(20)26(19-8-6-9-19)23(22)18-12-10-16(3)11-13-18/h10,12,14-15,19H,4-9,11,13H2,1-3H3. The molecule has 2 aromatic rings. The number of allylic oxidation sites excluding steroid dienone is 4. The van der Waals surface area contributed by atoms with Gasteiger partial charge in [-0.05, 0) is 69.1 Å². The van der Waals surface area contributed by atoms with Gasteiger partial charge in [-0.3, -0.25) is 4.79 Å². The summed E-state index contributed by atoms with van der Waals surface area (Å²) in [7, 11) is 0. The van der Waals surface area contributed by atoms with E-state index in [0.717, 1.165) is 48.0 Å². The van der Waals surface area contributed by atoms with Gasteiger partial charge >= 0.3 is 0 Å². The molecule has 27 heavy (non-hydrogen) atoms. The van der Waals surface area contributed by atoms with Crippen molar-refractivity contribution in [3.8, 4) is 0 Å². The third-order valence-electron chi connectivity index (χ3n) is 6.16. The SMILES string of the molecule is CCCC(=O)c1c(C2=CC=C(C)CC2)n(C2CCC2)c2ncc(CC)cc12. The van der Waals surface area contributed by atoms with Crippen LogP contribution < -0.4 is 0 Å². The van der Waals surface area contributed by atoms with Crippen LogP contribution in [0.4, 0.5) is 0 Å². The molecule has 0 amide bonds. The van der Waals surface area contributed by atoms with E-state index in [2.05, 4.69) is 43.6 Å². The molecule has 0 unspecified atom stereocenters. The highest BCUT2D eigenvalue weighted by Gasteiger charge is 2.31. The molecule has 1 saturated carbocycles. The Labute approximate surface area is 162 Å². The number of aryl methyl sites for hydroxylation is 1. The quantitative estimate of drug-likeness (QED) is 0.555. The summed E-state index contributed by atoms with van der Waals surface area (Å²) in [5.41, 5.74) is 7.04. The van der Waals surface area contributed by atoms with Gasteiger partial charge in [0.2, 0.25) is 0 Å². The summed E-state index contributed by atoms with van der Waals surface area (Å²) in [6.07, 6.45) is 14.6. The third-order valence-corrected chi connectivity index (χ3v) is 6.16. The first-order valence-electron chi connectivity index (χ1n) is 10.6. The highest BCUT2D eigenvalue weighted by molar-refractivity contribution is 6.11. The van der Waals surface area contributed by atoms with Crippen molar-refractivity contribution in [1.82, 2.24) is 9.55 Å². The number of hydrogen-bond donors (Lipinski definition) is 0. The van der Waals surface area contributed by atoms with Gasteiger partial charge in [-0.2, -0.15) is 0 Å². The molecular weight excluding hydrogens is 332 g/mol. The average Bonchev–Trinajstić information content (AvgIpc) is 2.95. The number of rotatable bonds is 6. The van der Waals surface area contributed by atoms with Crippen molar-refractivity contribution in [3.05, 3.63) is 46.8 Å². The predicted molar refractivity (Wildman–Crippen MR) is 112 cm³/mol. The van der Waals surface area contributed by atoms with Crippen LogP contribution in [0.3, 0.4) is 0 Å². The van der Waals surface area contributed by atoms with Crippen molar-refractivity contribution < 1.29 is 4.79 Å². The van der Waals surface area contributed by atoms with E-state index in [-0.39, 0.29) is 5.78 Å². The topological polar surface area (TPSA) is 34.9 Å². The predicted octanol–water partition coefficient (Wildman–Crippen LogP) is 6.43. The minimum absolute atomic E-state index is 0.276. The molecule has 0 atom stereocenters. The normalized spacial score (nSPS) is 17.6. The zero-order valence-electron chi connectivity index (χ0n) is 16.8. The fourth-order valence-electron chi connectivity index (χ4n) is 4.31. The van der Waals surface area contributed by atoms with Gasteiger partial charge in [0, 0.05) is 24.0 Å². The zero-order valence-corrected chi connectivity index (χ0v) is 16.8. The number of hydrogen-bond acceptors (Lipinski definition) is 2. The van der Waals surface area contributed by atoms with E-state index in [9.17, 15) is 4.79 Å². The molecule has 4 rings (SSSR count). The summed E-state index contributed by atoms with van der Waals surface area (Å²) in [4.78, 5) is 18.1. The summed E-state index contributed by atoms with van der Waals surface area (Å²) >= 11 is 0. The van der Waals surface area contributed by atoms with Gasteiger partial charge < -0.3 is 4.57 Å². The second-order valence-corrected chi connectivity index (χ2v) is 8.12. The number of pyridine rings is 1. The van der Waals surface area contributed by atoms with Crippen molar-refractivity contribution in [2.45, 2.75) is 78.2 Å². The minimum atomic E-state index is 0.276. The fraction of sp³-hybridized carbons (Fsp3) is 0.500. The summed E-state index contributed by atoms with van der Waals surface area (Å²) in [5, 5.41) is 1.07. The van der Waals surface area contributed by atoms with Crippen molar-refractivity contribution in [2.75, 3.05) is 0 Å². The molecule has 1 fully saturated rings. The molecule has 2 heterocycles. The maximum atomic E-state index is 13.2. The molecule has 0 aromatic carbocycles. The number of carbonyl (C=O) groups is 1. The van der Waals surface area contributed by atoms with E-state index in [4.69, 9.17) is 4.98 Å². The maximum absolute atomic E-state index is 13.2. The van der Waals surface area contributed by atoms with Crippen LogP contribution in [0.1, 0.15) is 93.4 Å². The van der Waals surface area contributed by atoms with Crippen LogP contribution in [0, 0.1) is 0 Å². The Morgan fingerprint density at radius 1 is 1.22 bits per heavy atom. The van der Waals surface area contributed by atoms with Gasteiger partial charge in [0.05, 0.1) is 11.3 Å². The van der Waals surface area contributed by atoms with Gasteiger partial charge in [0.15, 0.2) is 5.78 Å². The monoisotopic (exact) mass is 362 g/mol. The first-order valence-corrected chi connectivity index (χ1v) is 10.6. The highest BCUT2D eigenvalue weighted by atomic mass is 16.1. The van der Waals surface area contributed by atoms with Gasteiger partial charge in [0.1, 0.15) is 5.65 Å². The molecule has 3 heteroatoms. The van der Waals surface area contributed by atoms with Gasteiger partial charge in [-0.25, -0.2) is 4.98 Å². The lowest BCUT2D eigenvalue weighted by atomic mass is 9.89. The molecule has 142 valence electrons. The molecule has 0 N–H and O–H groups in total. The van der Waals surface area contributed by atoms with Crippen molar-refractivity contribution in [2.24, 2.45) is 0 Å². The van der Waals surface area contributed by atoms with Crippen LogP contribution in [0.5, 0.6) is 0 Å². The van der Waals surface area contributed by atoms with E-state index in [1.807, 2.05) is 6.20 Å². The average molecular weight is 363 g/mol. The van der Waals surface area contributed by atoms with E-state index < -0.39 is 0 Å². The molecule has 0 aliphatic heterocycles. The van der Waals surface area contributed by atoms with Crippen LogP contribution in [0.25, 0.3) is 16.6 Å². The Hall–Kier alpha value is -2.16. The molecule has 3 nitrogen and oxygen atoms in total. The highest BCUT2D eigenvalue weighted by Crippen LogP contribution is 2.42. The van der Waals surface area contributed by atoms with Crippen LogP contribution in [0.2, 0.25) is 0 Å². The second kappa shape index (κ2) is 7.46. The van der Waals surface area contributed by atoms with Gasteiger partial charge in [0.25, 0.3) is 0 Å². The fourth-order valence-corrected chi connectivity index (χ4v) is 4.31. The van der Waals surface area contributed by atoms with Crippen molar-refractivity contribution in [1.29, 1.82) is 0 Å². The number of Topliss-reactive ketones (excluding diaryl/α,β-unsaturated/α-hetero) is 1. The Morgan fingerprint density at radius 2 is 2.04 bits per heavy atom. The van der Waals surface area contributed by atoms with Crippen LogP contribution >= 0.6 is 0 Å². The van der Waals surface area contributed by atoms with E-state index in [1.165, 1.54) is 36.0 Å². The first-order chi connectivity index (χ1) is 13.1. The molecule has 2 aliphatic rings. The van der Waals surface area contributed by atoms with Crippen LogP contribution in [0.15, 0.2) is 30.0 Å². The summed E-state index contributed by atoms with van der Waals surface area (Å²) in [5.74, 6) is 0.276. The molecular formula is C24H30N2O. The number of nitrogens with zero attached hydrogens (tertiary/aromatic N) is 2. The molecule has 0 bridgehead atoms. The van der Waals surface area contributed by atoms with Gasteiger partial charge in [-0.15, -0.1) is 0 Å². The Bertz CT molecular complexity index is 941. The number of aromatic nitrogens is 2. The summed E-state index contributed by atoms with van der Waals surface area (Å²) in [6, 6.07) is 2.70. The Kier molecular flexibility index (Phi) is 5.03. The third kappa shape index (κ3) is 3.18. The lowest BCUT2D eigenvalue weighted by Crippen LogP contribution is -2.20. The lowest BCUT2D eigenvalue weighted by Gasteiger charge is -2.30. The number of carbonyl (C=O) groups excluding carboxylic acids is 1. The van der Waals surface area contributed by atoms with E-state index >= 15 is 0 Å². The molecule has 2 aliphatic carbocycles. The minimum Gasteiger partial charge on any atom is -0.322 e. The molecule has 0 spiro atoms. The van der Waals surface area contributed by atoms with Crippen molar-refractivity contribution in [3.63, 3.8) is 0 Å². The van der Waals surface area contributed by atoms with E-state index in [1.54, 1.807) is 0 Å². The molecule has 0 radical (unpaired) electrons. The first kappa shape index (κ1) is 18.2. The maximum Gasteiger partial charge on any atom is 0.165 e. The number of fused-ring (bicyclic) bond motifs is 1. The molecule has 2 aromatic heterocycles. The van der Waals surface area contributed by atoms with Crippen molar-refractivity contribution >= 4 is 22.4 Å². The largest absolute Gasteiger partial charge is 0.322 e. The van der Waals surface area contributed by atoms with Crippen LogP contribution in [-0.2, 0) is 6.42 Å². The Morgan fingerprint density at radius 3 is 2.63 bits per heavy atom. The lowest BCUT2D eigenvalue weighted by molar-refractivity contribution is 0.0982.